The van der Waals surface area contributed by atoms with Crippen LogP contribution in [0, 0.1) is 11.3 Å². The summed E-state index contributed by atoms with van der Waals surface area (Å²) in [5.74, 6) is 2.56. The van der Waals surface area contributed by atoms with Gasteiger partial charge in [-0.3, -0.25) is 0 Å². The van der Waals surface area contributed by atoms with Crippen molar-refractivity contribution in [3.8, 4) is 29.1 Å². The van der Waals surface area contributed by atoms with Gasteiger partial charge in [-0.1, -0.05) is 42.5 Å². The summed E-state index contributed by atoms with van der Waals surface area (Å²) in [4.78, 5) is 0. The average Bonchev–Trinajstić information content (AvgIpc) is 2.65. The second kappa shape index (κ2) is 8.00. The second-order valence-electron chi connectivity index (χ2n) is 5.51. The first-order valence-corrected chi connectivity index (χ1v) is 7.98. The van der Waals surface area contributed by atoms with Crippen molar-refractivity contribution in [2.45, 2.75) is 12.5 Å². The maximum atomic E-state index is 8.87. The van der Waals surface area contributed by atoms with Crippen LogP contribution in [0.4, 0.5) is 0 Å². The minimum absolute atomic E-state index is 0.240. The molecule has 0 aliphatic rings. The highest BCUT2D eigenvalue weighted by atomic mass is 16.5. The van der Waals surface area contributed by atoms with Crippen LogP contribution in [0.25, 0.3) is 0 Å². The van der Waals surface area contributed by atoms with Crippen molar-refractivity contribution >= 4 is 0 Å². The number of hydrogen-bond acceptors (Lipinski definition) is 4. The SMILES string of the molecule is N#CC[C@@H](N)c1ccc(Oc2ccccc2)c(Oc2ccccc2)c1. The average molecular weight is 330 g/mol. The zero-order valence-electron chi connectivity index (χ0n) is 13.6. The quantitative estimate of drug-likeness (QED) is 0.676. The molecule has 0 amide bonds. The van der Waals surface area contributed by atoms with Crippen molar-refractivity contribution in [1.82, 2.24) is 0 Å². The van der Waals surface area contributed by atoms with Crippen LogP contribution in [-0.2, 0) is 0 Å². The molecule has 3 aromatic rings. The third kappa shape index (κ3) is 4.37. The van der Waals surface area contributed by atoms with Gasteiger partial charge in [0.15, 0.2) is 11.5 Å². The van der Waals surface area contributed by atoms with Gasteiger partial charge in [0.2, 0.25) is 0 Å². The van der Waals surface area contributed by atoms with E-state index in [1.54, 1.807) is 0 Å². The van der Waals surface area contributed by atoms with Crippen molar-refractivity contribution in [2.75, 3.05) is 0 Å². The number of para-hydroxylation sites is 2. The first-order chi connectivity index (χ1) is 12.3. The fourth-order valence-corrected chi connectivity index (χ4v) is 2.37. The molecule has 3 rings (SSSR count). The van der Waals surface area contributed by atoms with Crippen LogP contribution < -0.4 is 15.2 Å². The summed E-state index contributed by atoms with van der Waals surface area (Å²) in [5.41, 5.74) is 6.88. The molecule has 2 N–H and O–H groups in total. The molecule has 0 aliphatic heterocycles. The molecule has 0 aliphatic carbocycles. The topological polar surface area (TPSA) is 68.3 Å². The van der Waals surface area contributed by atoms with Crippen LogP contribution >= 0.6 is 0 Å². The Labute approximate surface area is 147 Å². The highest BCUT2D eigenvalue weighted by Gasteiger charge is 2.13. The first kappa shape index (κ1) is 16.6. The van der Waals surface area contributed by atoms with Crippen LogP contribution in [0.3, 0.4) is 0 Å². The molecule has 4 heteroatoms. The Kier molecular flexibility index (Phi) is 5.30. The van der Waals surface area contributed by atoms with Crippen LogP contribution in [0.2, 0.25) is 0 Å². The number of benzene rings is 3. The Morgan fingerprint density at radius 2 is 1.36 bits per heavy atom. The summed E-state index contributed by atoms with van der Waals surface area (Å²) in [6, 6.07) is 26.2. The van der Waals surface area contributed by atoms with Gasteiger partial charge in [-0.15, -0.1) is 0 Å². The molecule has 0 saturated heterocycles. The van der Waals surface area contributed by atoms with Crippen molar-refractivity contribution in [3.63, 3.8) is 0 Å². The summed E-state index contributed by atoms with van der Waals surface area (Å²) in [6.07, 6.45) is 0.240. The Hall–Kier alpha value is -3.29. The lowest BCUT2D eigenvalue weighted by molar-refractivity contribution is 0.417. The standard InChI is InChI=1S/C21H18N2O2/c22-14-13-19(23)16-11-12-20(24-17-7-3-1-4-8-17)21(15-16)25-18-9-5-2-6-10-18/h1-12,15,19H,13,23H2/t19-/m1/s1. The lowest BCUT2D eigenvalue weighted by Crippen LogP contribution is -2.09. The van der Waals surface area contributed by atoms with Gasteiger partial charge >= 0.3 is 0 Å². The number of nitriles is 1. The molecule has 0 saturated carbocycles. The van der Waals surface area contributed by atoms with Crippen molar-refractivity contribution in [3.05, 3.63) is 84.4 Å². The summed E-state index contributed by atoms with van der Waals surface area (Å²) in [7, 11) is 0. The Bertz CT molecular complexity index is 858. The molecule has 0 aromatic heterocycles. The number of rotatable bonds is 6. The Morgan fingerprint density at radius 1 is 0.800 bits per heavy atom. The van der Waals surface area contributed by atoms with E-state index < -0.39 is 0 Å². The molecule has 25 heavy (non-hydrogen) atoms. The molecule has 0 fully saturated rings. The molecule has 0 heterocycles. The fourth-order valence-electron chi connectivity index (χ4n) is 2.37. The zero-order chi connectivity index (χ0) is 17.5. The highest BCUT2D eigenvalue weighted by molar-refractivity contribution is 5.48. The van der Waals surface area contributed by atoms with E-state index in [-0.39, 0.29) is 12.5 Å². The van der Waals surface area contributed by atoms with E-state index >= 15 is 0 Å². The Morgan fingerprint density at radius 3 is 1.92 bits per heavy atom. The van der Waals surface area contributed by atoms with Gasteiger partial charge in [0, 0.05) is 6.04 Å². The van der Waals surface area contributed by atoms with E-state index in [0.29, 0.717) is 17.2 Å². The van der Waals surface area contributed by atoms with Crippen LogP contribution in [0.1, 0.15) is 18.0 Å². The van der Waals surface area contributed by atoms with Crippen molar-refractivity contribution < 1.29 is 9.47 Å². The van der Waals surface area contributed by atoms with Crippen LogP contribution in [0.15, 0.2) is 78.9 Å². The molecule has 0 radical (unpaired) electrons. The van der Waals surface area contributed by atoms with Crippen molar-refractivity contribution in [1.29, 1.82) is 5.26 Å². The van der Waals surface area contributed by atoms with Gasteiger partial charge in [-0.05, 0) is 42.0 Å². The predicted molar refractivity (Wildman–Crippen MR) is 96.6 cm³/mol. The minimum Gasteiger partial charge on any atom is -0.453 e. The zero-order valence-corrected chi connectivity index (χ0v) is 13.6. The molecule has 0 spiro atoms. The molecule has 0 unspecified atom stereocenters. The van der Waals surface area contributed by atoms with Crippen LogP contribution in [-0.4, -0.2) is 0 Å². The highest BCUT2D eigenvalue weighted by Crippen LogP contribution is 2.36. The van der Waals surface area contributed by atoms with E-state index in [4.69, 9.17) is 20.5 Å². The Balaban J connectivity index is 1.94. The van der Waals surface area contributed by atoms with E-state index in [1.807, 2.05) is 78.9 Å². The molecule has 0 bridgehead atoms. The second-order valence-corrected chi connectivity index (χ2v) is 5.51. The van der Waals surface area contributed by atoms with Gasteiger partial charge in [0.25, 0.3) is 0 Å². The number of nitrogens with two attached hydrogens (primary N) is 1. The number of hydrogen-bond donors (Lipinski definition) is 1. The van der Waals surface area contributed by atoms with Gasteiger partial charge in [0.1, 0.15) is 11.5 Å². The largest absolute Gasteiger partial charge is 0.453 e. The third-order valence-corrected chi connectivity index (χ3v) is 3.65. The lowest BCUT2D eigenvalue weighted by atomic mass is 10.0. The van der Waals surface area contributed by atoms with E-state index in [1.165, 1.54) is 0 Å². The normalized spacial score (nSPS) is 11.4. The van der Waals surface area contributed by atoms with Gasteiger partial charge in [0.05, 0.1) is 12.5 Å². The molecule has 4 nitrogen and oxygen atoms in total. The molecular formula is C21H18N2O2. The molecule has 124 valence electrons. The summed E-state index contributed by atoms with van der Waals surface area (Å²) in [6.45, 7) is 0. The van der Waals surface area contributed by atoms with E-state index in [2.05, 4.69) is 6.07 Å². The minimum atomic E-state index is -0.367. The first-order valence-electron chi connectivity index (χ1n) is 7.98. The van der Waals surface area contributed by atoms with E-state index in [9.17, 15) is 0 Å². The number of nitrogens with zero attached hydrogens (tertiary/aromatic N) is 1. The molecule has 3 aromatic carbocycles. The van der Waals surface area contributed by atoms with Crippen LogP contribution in [0.5, 0.6) is 23.0 Å². The van der Waals surface area contributed by atoms with Gasteiger partial charge in [-0.2, -0.15) is 5.26 Å². The van der Waals surface area contributed by atoms with E-state index in [0.717, 1.165) is 11.3 Å². The smallest absolute Gasteiger partial charge is 0.170 e. The van der Waals surface area contributed by atoms with Gasteiger partial charge < -0.3 is 15.2 Å². The molecule has 1 atom stereocenters. The van der Waals surface area contributed by atoms with Crippen molar-refractivity contribution in [2.24, 2.45) is 5.73 Å². The summed E-state index contributed by atoms with van der Waals surface area (Å²) in [5, 5.41) is 8.87. The predicted octanol–water partition coefficient (Wildman–Crippen LogP) is 5.18. The fraction of sp³-hybridized carbons (Fsp3) is 0.0952. The van der Waals surface area contributed by atoms with Gasteiger partial charge in [-0.25, -0.2) is 0 Å². The summed E-state index contributed by atoms with van der Waals surface area (Å²) < 4.78 is 11.9. The number of ether oxygens (including phenoxy) is 2. The maximum Gasteiger partial charge on any atom is 0.170 e. The maximum absolute atomic E-state index is 8.87. The lowest BCUT2D eigenvalue weighted by Gasteiger charge is -2.15. The summed E-state index contributed by atoms with van der Waals surface area (Å²) >= 11 is 0. The third-order valence-electron chi connectivity index (χ3n) is 3.65. The monoisotopic (exact) mass is 330 g/mol. The molecular weight excluding hydrogens is 312 g/mol.